The highest BCUT2D eigenvalue weighted by molar-refractivity contribution is 5.75. The summed E-state index contributed by atoms with van der Waals surface area (Å²) in [5.74, 6) is 0.744. The number of amides is 1. The number of ether oxygens (including phenoxy) is 1. The first kappa shape index (κ1) is 20.2. The molecule has 2 rings (SSSR count). The van der Waals surface area contributed by atoms with E-state index in [9.17, 15) is 19.7 Å². The van der Waals surface area contributed by atoms with Gasteiger partial charge in [0.25, 0.3) is 11.2 Å². The van der Waals surface area contributed by atoms with E-state index in [1.54, 1.807) is 0 Å². The van der Waals surface area contributed by atoms with E-state index in [1.165, 1.54) is 22.9 Å². The molecule has 27 heavy (non-hydrogen) atoms. The summed E-state index contributed by atoms with van der Waals surface area (Å²) >= 11 is 0. The van der Waals surface area contributed by atoms with Crippen molar-refractivity contribution in [2.75, 3.05) is 13.2 Å². The topological polar surface area (TPSA) is 103 Å². The van der Waals surface area contributed by atoms with Gasteiger partial charge >= 0.3 is 0 Å². The molecular formula is C19H23N3O5. The minimum Gasteiger partial charge on any atom is -0.494 e. The number of carbonyl (C=O) groups is 1. The molecule has 1 aromatic carbocycles. The number of nitrogens with one attached hydrogen (secondary N) is 1. The second-order valence-electron chi connectivity index (χ2n) is 6.00. The van der Waals surface area contributed by atoms with Crippen LogP contribution in [0, 0.1) is 10.1 Å². The van der Waals surface area contributed by atoms with Gasteiger partial charge < -0.3 is 14.6 Å². The van der Waals surface area contributed by atoms with Gasteiger partial charge in [-0.05, 0) is 31.4 Å². The summed E-state index contributed by atoms with van der Waals surface area (Å²) in [6.07, 6.45) is 3.58. The SMILES string of the molecule is O=C(CCCOc1ccccc1)NCCCCn1cc([N+](=O)[O-])ccc1=O. The average molecular weight is 373 g/mol. The molecule has 1 N–H and O–H groups in total. The lowest BCUT2D eigenvalue weighted by Crippen LogP contribution is -2.25. The van der Waals surface area contributed by atoms with Crippen molar-refractivity contribution in [1.29, 1.82) is 0 Å². The van der Waals surface area contributed by atoms with E-state index in [2.05, 4.69) is 5.32 Å². The van der Waals surface area contributed by atoms with E-state index >= 15 is 0 Å². The highest BCUT2D eigenvalue weighted by Crippen LogP contribution is 2.09. The molecule has 0 spiro atoms. The number of rotatable bonds is 11. The Morgan fingerprint density at radius 1 is 1.11 bits per heavy atom. The van der Waals surface area contributed by atoms with Gasteiger partial charge in [0.2, 0.25) is 5.91 Å². The molecule has 0 unspecified atom stereocenters. The van der Waals surface area contributed by atoms with Gasteiger partial charge in [0.1, 0.15) is 5.75 Å². The molecule has 144 valence electrons. The Bertz CT molecular complexity index is 804. The Kier molecular flexibility index (Phi) is 8.02. The first-order valence-corrected chi connectivity index (χ1v) is 8.85. The number of hydrogen-bond acceptors (Lipinski definition) is 5. The normalized spacial score (nSPS) is 10.4. The van der Waals surface area contributed by atoms with Crippen molar-refractivity contribution in [3.8, 4) is 5.75 Å². The maximum atomic E-state index is 11.8. The van der Waals surface area contributed by atoms with Crippen molar-refractivity contribution < 1.29 is 14.5 Å². The van der Waals surface area contributed by atoms with Crippen LogP contribution >= 0.6 is 0 Å². The second-order valence-corrected chi connectivity index (χ2v) is 6.00. The summed E-state index contributed by atoms with van der Waals surface area (Å²) in [5.41, 5.74) is -0.385. The monoisotopic (exact) mass is 373 g/mol. The number of aryl methyl sites for hydroxylation is 1. The van der Waals surface area contributed by atoms with Gasteiger partial charge in [0.05, 0.1) is 17.7 Å². The zero-order valence-electron chi connectivity index (χ0n) is 15.0. The fourth-order valence-corrected chi connectivity index (χ4v) is 2.46. The van der Waals surface area contributed by atoms with E-state index < -0.39 is 4.92 Å². The third kappa shape index (κ3) is 7.31. The van der Waals surface area contributed by atoms with Gasteiger partial charge in [0.15, 0.2) is 0 Å². The van der Waals surface area contributed by atoms with Crippen molar-refractivity contribution >= 4 is 11.6 Å². The molecular weight excluding hydrogens is 350 g/mol. The number of hydrogen-bond donors (Lipinski definition) is 1. The third-order valence-electron chi connectivity index (χ3n) is 3.89. The molecule has 8 nitrogen and oxygen atoms in total. The summed E-state index contributed by atoms with van der Waals surface area (Å²) < 4.78 is 6.85. The summed E-state index contributed by atoms with van der Waals surface area (Å²) in [5, 5.41) is 13.6. The maximum Gasteiger partial charge on any atom is 0.285 e. The van der Waals surface area contributed by atoms with Gasteiger partial charge in [-0.15, -0.1) is 0 Å². The summed E-state index contributed by atoms with van der Waals surface area (Å²) in [4.78, 5) is 33.6. The van der Waals surface area contributed by atoms with E-state index in [-0.39, 0.29) is 17.2 Å². The fraction of sp³-hybridized carbons (Fsp3) is 0.368. The first-order chi connectivity index (χ1) is 13.1. The van der Waals surface area contributed by atoms with Gasteiger partial charge in [-0.1, -0.05) is 18.2 Å². The molecule has 0 saturated heterocycles. The smallest absolute Gasteiger partial charge is 0.285 e. The van der Waals surface area contributed by atoms with E-state index in [0.29, 0.717) is 45.4 Å². The minimum atomic E-state index is -0.530. The molecule has 1 amide bonds. The standard InChI is InChI=1S/C19H23N3O5/c23-18(9-6-14-27-17-7-2-1-3-8-17)20-12-4-5-13-21-15-16(22(25)26)10-11-19(21)24/h1-3,7-8,10-11,15H,4-6,9,12-14H2,(H,20,23). The van der Waals surface area contributed by atoms with Crippen LogP contribution in [0.5, 0.6) is 5.75 Å². The summed E-state index contributed by atoms with van der Waals surface area (Å²) in [7, 11) is 0. The quantitative estimate of drug-likeness (QED) is 0.370. The minimum absolute atomic E-state index is 0.0424. The summed E-state index contributed by atoms with van der Waals surface area (Å²) in [6, 6.07) is 11.8. The van der Waals surface area contributed by atoms with Gasteiger partial charge in [0, 0.05) is 31.6 Å². The second kappa shape index (κ2) is 10.7. The van der Waals surface area contributed by atoms with E-state index in [0.717, 1.165) is 5.75 Å². The van der Waals surface area contributed by atoms with Crippen molar-refractivity contribution in [3.05, 3.63) is 69.1 Å². The number of nitrogens with zero attached hydrogens (tertiary/aromatic N) is 2. The molecule has 1 heterocycles. The Morgan fingerprint density at radius 2 is 1.89 bits per heavy atom. The van der Waals surface area contributed by atoms with Gasteiger partial charge in [-0.3, -0.25) is 19.7 Å². The van der Waals surface area contributed by atoms with Crippen LogP contribution in [0.2, 0.25) is 0 Å². The van der Waals surface area contributed by atoms with Crippen LogP contribution < -0.4 is 15.6 Å². The molecule has 8 heteroatoms. The van der Waals surface area contributed by atoms with Crippen LogP contribution in [-0.4, -0.2) is 28.5 Å². The number of unbranched alkanes of at least 4 members (excludes halogenated alkanes) is 1. The first-order valence-electron chi connectivity index (χ1n) is 8.85. The molecule has 0 fully saturated rings. The van der Waals surface area contributed by atoms with Crippen LogP contribution in [0.1, 0.15) is 25.7 Å². The predicted molar refractivity (Wildman–Crippen MR) is 101 cm³/mol. The summed E-state index contributed by atoms with van der Waals surface area (Å²) in [6.45, 7) is 1.36. The van der Waals surface area contributed by atoms with Gasteiger partial charge in [-0.2, -0.15) is 0 Å². The lowest BCUT2D eigenvalue weighted by Gasteiger charge is -2.08. The zero-order chi connectivity index (χ0) is 19.5. The number of para-hydroxylation sites is 1. The third-order valence-corrected chi connectivity index (χ3v) is 3.89. The largest absolute Gasteiger partial charge is 0.494 e. The molecule has 2 aromatic rings. The number of nitro groups is 1. The van der Waals surface area contributed by atoms with Crippen LogP contribution in [0.15, 0.2) is 53.5 Å². The molecule has 0 aliphatic rings. The van der Waals surface area contributed by atoms with Crippen molar-refractivity contribution in [2.24, 2.45) is 0 Å². The van der Waals surface area contributed by atoms with E-state index in [1.807, 2.05) is 30.3 Å². The molecule has 0 aliphatic heterocycles. The highest BCUT2D eigenvalue weighted by Gasteiger charge is 2.07. The van der Waals surface area contributed by atoms with Crippen LogP contribution in [0.4, 0.5) is 5.69 Å². The molecule has 0 bridgehead atoms. The maximum absolute atomic E-state index is 11.8. The zero-order valence-corrected chi connectivity index (χ0v) is 15.0. The van der Waals surface area contributed by atoms with Crippen LogP contribution in [0.25, 0.3) is 0 Å². The molecule has 1 aromatic heterocycles. The van der Waals surface area contributed by atoms with E-state index in [4.69, 9.17) is 4.74 Å². The Morgan fingerprint density at radius 3 is 2.63 bits per heavy atom. The predicted octanol–water partition coefficient (Wildman–Crippen LogP) is 2.51. The number of aromatic nitrogens is 1. The Labute approximate surface area is 156 Å². The van der Waals surface area contributed by atoms with Crippen LogP contribution in [-0.2, 0) is 11.3 Å². The van der Waals surface area contributed by atoms with Crippen molar-refractivity contribution in [3.63, 3.8) is 0 Å². The lowest BCUT2D eigenvalue weighted by molar-refractivity contribution is -0.385. The molecule has 0 saturated carbocycles. The Balaban J connectivity index is 1.57. The highest BCUT2D eigenvalue weighted by atomic mass is 16.6. The number of pyridine rings is 1. The molecule has 0 atom stereocenters. The number of benzene rings is 1. The lowest BCUT2D eigenvalue weighted by atomic mass is 10.2. The van der Waals surface area contributed by atoms with Crippen LogP contribution in [0.3, 0.4) is 0 Å². The number of carbonyl (C=O) groups excluding carboxylic acids is 1. The fourth-order valence-electron chi connectivity index (χ4n) is 2.46. The molecule has 0 radical (unpaired) electrons. The average Bonchev–Trinajstić information content (AvgIpc) is 2.67. The van der Waals surface area contributed by atoms with Gasteiger partial charge in [-0.25, -0.2) is 0 Å². The Hall–Kier alpha value is -3.16. The molecule has 0 aliphatic carbocycles. The van der Waals surface area contributed by atoms with Crippen molar-refractivity contribution in [1.82, 2.24) is 9.88 Å². The van der Waals surface area contributed by atoms with Crippen molar-refractivity contribution in [2.45, 2.75) is 32.2 Å².